The van der Waals surface area contributed by atoms with Crippen LogP contribution in [0, 0.1) is 19.5 Å². The molecule has 3 aromatic carbocycles. The highest BCUT2D eigenvalue weighted by Crippen LogP contribution is 2.41. The second-order valence-corrected chi connectivity index (χ2v) is 9.38. The molecule has 0 aromatic heterocycles. The molecule has 1 aliphatic carbocycles. The van der Waals surface area contributed by atoms with Crippen LogP contribution in [0.2, 0.25) is 5.02 Å². The Kier molecular flexibility index (Phi) is 7.19. The smallest absolute Gasteiger partial charge is 0.315 e. The maximum atomic E-state index is 14.7. The van der Waals surface area contributed by atoms with Gasteiger partial charge in [0.25, 0.3) is 5.91 Å². The van der Waals surface area contributed by atoms with Crippen LogP contribution in [0.1, 0.15) is 23.2 Å². The van der Waals surface area contributed by atoms with E-state index < -0.39 is 33.6 Å². The van der Waals surface area contributed by atoms with Crippen LogP contribution in [0.25, 0.3) is 0 Å². The van der Waals surface area contributed by atoms with E-state index in [0.717, 1.165) is 34.2 Å². The SMILES string of the molecule is O=C(NOCC1(Nc2ccc(I)cc2Cl)CC1)c1cc(F)c(Oc2ccccc2)c([N+](=O)[O-])c1. The minimum absolute atomic E-state index is 0.126. The monoisotopic (exact) mass is 597 g/mol. The number of nitro groups is 1. The van der Waals surface area contributed by atoms with E-state index in [9.17, 15) is 19.3 Å². The van der Waals surface area contributed by atoms with Crippen molar-refractivity contribution in [2.24, 2.45) is 0 Å². The summed E-state index contributed by atoms with van der Waals surface area (Å²) in [5.41, 5.74) is 1.63. The molecule has 176 valence electrons. The summed E-state index contributed by atoms with van der Waals surface area (Å²) in [5, 5.41) is 15.4. The Balaban J connectivity index is 1.41. The number of nitrogens with one attached hydrogen (secondary N) is 2. The molecule has 0 radical (unpaired) electrons. The molecule has 2 N–H and O–H groups in total. The summed E-state index contributed by atoms with van der Waals surface area (Å²) in [6.45, 7) is 0.126. The number of rotatable bonds is 9. The van der Waals surface area contributed by atoms with Crippen LogP contribution < -0.4 is 15.5 Å². The van der Waals surface area contributed by atoms with Gasteiger partial charge in [0.1, 0.15) is 5.75 Å². The molecule has 1 saturated carbocycles. The third-order valence-corrected chi connectivity index (χ3v) is 6.13. The second kappa shape index (κ2) is 10.1. The van der Waals surface area contributed by atoms with Crippen molar-refractivity contribution in [3.63, 3.8) is 0 Å². The van der Waals surface area contributed by atoms with Crippen LogP contribution in [-0.4, -0.2) is 23.0 Å². The summed E-state index contributed by atoms with van der Waals surface area (Å²) in [5.74, 6) is -2.22. The van der Waals surface area contributed by atoms with Crippen molar-refractivity contribution in [1.29, 1.82) is 0 Å². The summed E-state index contributed by atoms with van der Waals surface area (Å²) >= 11 is 8.43. The van der Waals surface area contributed by atoms with E-state index in [1.165, 1.54) is 12.1 Å². The normalized spacial score (nSPS) is 13.7. The van der Waals surface area contributed by atoms with Crippen LogP contribution in [0.5, 0.6) is 11.5 Å². The first-order chi connectivity index (χ1) is 16.3. The molecule has 34 heavy (non-hydrogen) atoms. The number of nitro benzene ring substituents is 1. The van der Waals surface area contributed by atoms with Crippen molar-refractivity contribution >= 4 is 51.5 Å². The van der Waals surface area contributed by atoms with Gasteiger partial charge in [-0.15, -0.1) is 0 Å². The molecule has 4 rings (SSSR count). The number of nitrogens with zero attached hydrogens (tertiary/aromatic N) is 1. The van der Waals surface area contributed by atoms with E-state index in [1.807, 2.05) is 18.2 Å². The van der Waals surface area contributed by atoms with E-state index in [2.05, 4.69) is 33.4 Å². The van der Waals surface area contributed by atoms with Crippen molar-refractivity contribution in [2.45, 2.75) is 18.4 Å². The van der Waals surface area contributed by atoms with Crippen LogP contribution in [-0.2, 0) is 4.84 Å². The minimum atomic E-state index is -1.04. The van der Waals surface area contributed by atoms with E-state index in [4.69, 9.17) is 21.2 Å². The van der Waals surface area contributed by atoms with Crippen LogP contribution in [0.15, 0.2) is 60.7 Å². The minimum Gasteiger partial charge on any atom is -0.447 e. The highest BCUT2D eigenvalue weighted by Gasteiger charge is 2.43. The van der Waals surface area contributed by atoms with E-state index in [1.54, 1.807) is 18.2 Å². The van der Waals surface area contributed by atoms with E-state index in [0.29, 0.717) is 5.02 Å². The second-order valence-electron chi connectivity index (χ2n) is 7.73. The van der Waals surface area contributed by atoms with Crippen molar-refractivity contribution in [2.75, 3.05) is 11.9 Å². The lowest BCUT2D eigenvalue weighted by Gasteiger charge is -2.20. The topological polar surface area (TPSA) is 103 Å². The van der Waals surface area contributed by atoms with Crippen LogP contribution in [0.4, 0.5) is 15.8 Å². The van der Waals surface area contributed by atoms with Gasteiger partial charge in [0.2, 0.25) is 5.75 Å². The molecular weight excluding hydrogens is 580 g/mol. The number of hydrogen-bond donors (Lipinski definition) is 2. The molecule has 1 aliphatic rings. The van der Waals surface area contributed by atoms with Crippen molar-refractivity contribution in [3.05, 3.63) is 90.8 Å². The number of carbonyl (C=O) groups excluding carboxylic acids is 1. The van der Waals surface area contributed by atoms with Crippen LogP contribution in [0.3, 0.4) is 0 Å². The average Bonchev–Trinajstić information content (AvgIpc) is 3.57. The Bertz CT molecular complexity index is 1240. The average molecular weight is 598 g/mol. The largest absolute Gasteiger partial charge is 0.447 e. The highest BCUT2D eigenvalue weighted by molar-refractivity contribution is 14.1. The predicted octanol–water partition coefficient (Wildman–Crippen LogP) is 6.09. The Morgan fingerprint density at radius 2 is 1.91 bits per heavy atom. The zero-order valence-corrected chi connectivity index (χ0v) is 20.4. The zero-order chi connectivity index (χ0) is 24.3. The first kappa shape index (κ1) is 24.2. The number of hydrogen-bond acceptors (Lipinski definition) is 6. The summed E-state index contributed by atoms with van der Waals surface area (Å²) in [7, 11) is 0. The van der Waals surface area contributed by atoms with Gasteiger partial charge in [0, 0.05) is 9.64 Å². The molecular formula is C23H18ClFIN3O5. The Morgan fingerprint density at radius 1 is 1.18 bits per heavy atom. The number of anilines is 1. The molecule has 0 heterocycles. The summed E-state index contributed by atoms with van der Waals surface area (Å²) < 4.78 is 21.0. The number of carbonyl (C=O) groups is 1. The Morgan fingerprint density at radius 3 is 2.56 bits per heavy atom. The quantitative estimate of drug-likeness (QED) is 0.176. The predicted molar refractivity (Wildman–Crippen MR) is 133 cm³/mol. The Hall–Kier alpha value is -2.96. The van der Waals surface area contributed by atoms with E-state index >= 15 is 0 Å². The number of amides is 1. The lowest BCUT2D eigenvalue weighted by atomic mass is 10.1. The van der Waals surface area contributed by atoms with Gasteiger partial charge in [0.15, 0.2) is 5.82 Å². The molecule has 3 aromatic rings. The molecule has 1 amide bonds. The first-order valence-corrected chi connectivity index (χ1v) is 11.6. The third-order valence-electron chi connectivity index (χ3n) is 5.14. The summed E-state index contributed by atoms with van der Waals surface area (Å²) in [6, 6.07) is 15.5. The third kappa shape index (κ3) is 5.75. The van der Waals surface area contributed by atoms with Gasteiger partial charge in [-0.05, 0) is 71.8 Å². The fraction of sp³-hybridized carbons (Fsp3) is 0.174. The van der Waals surface area contributed by atoms with Crippen molar-refractivity contribution in [3.8, 4) is 11.5 Å². The lowest BCUT2D eigenvalue weighted by Crippen LogP contribution is -2.34. The van der Waals surface area contributed by atoms with Gasteiger partial charge in [-0.3, -0.25) is 19.7 Å². The van der Waals surface area contributed by atoms with E-state index in [-0.39, 0.29) is 17.9 Å². The maximum Gasteiger partial charge on any atom is 0.315 e. The summed E-state index contributed by atoms with van der Waals surface area (Å²) in [4.78, 5) is 28.5. The van der Waals surface area contributed by atoms with Gasteiger partial charge in [0.05, 0.1) is 33.3 Å². The fourth-order valence-electron chi connectivity index (χ4n) is 3.18. The molecule has 0 aliphatic heterocycles. The van der Waals surface area contributed by atoms with Crippen molar-refractivity contribution in [1.82, 2.24) is 5.48 Å². The number of hydroxylamine groups is 1. The summed E-state index contributed by atoms with van der Waals surface area (Å²) in [6.07, 6.45) is 1.60. The number of para-hydroxylation sites is 1. The maximum absolute atomic E-state index is 14.7. The fourth-order valence-corrected chi connectivity index (χ4v) is 4.09. The standard InChI is InChI=1S/C23H18ClFIN3O5/c24-17-12-15(26)6-7-19(17)27-23(8-9-23)13-33-28-22(30)14-10-18(25)21(20(11-14)29(31)32)34-16-4-2-1-3-5-16/h1-7,10-12,27H,8-9,13H2,(H,28,30). The van der Waals surface area contributed by atoms with Crippen molar-refractivity contribution < 1.29 is 23.7 Å². The lowest BCUT2D eigenvalue weighted by molar-refractivity contribution is -0.385. The van der Waals surface area contributed by atoms with Gasteiger partial charge in [-0.2, -0.15) is 0 Å². The van der Waals surface area contributed by atoms with Gasteiger partial charge in [-0.1, -0.05) is 29.8 Å². The molecule has 0 spiro atoms. The van der Waals surface area contributed by atoms with Gasteiger partial charge in [-0.25, -0.2) is 9.87 Å². The molecule has 0 atom stereocenters. The first-order valence-electron chi connectivity index (χ1n) is 10.1. The van der Waals surface area contributed by atoms with Gasteiger partial charge < -0.3 is 10.1 Å². The highest BCUT2D eigenvalue weighted by atomic mass is 127. The number of halogens is 3. The number of ether oxygens (including phenoxy) is 1. The molecule has 1 fully saturated rings. The van der Waals surface area contributed by atoms with Gasteiger partial charge >= 0.3 is 5.69 Å². The molecule has 0 saturated heterocycles. The molecule has 0 unspecified atom stereocenters. The Labute approximate surface area is 212 Å². The zero-order valence-electron chi connectivity index (χ0n) is 17.5. The molecule has 11 heteroatoms. The van der Waals surface area contributed by atoms with Crippen LogP contribution >= 0.6 is 34.2 Å². The molecule has 0 bridgehead atoms. The molecule has 8 nitrogen and oxygen atoms in total. The number of benzene rings is 3.